The van der Waals surface area contributed by atoms with E-state index in [1.54, 1.807) is 12.1 Å². The van der Waals surface area contributed by atoms with Crippen LogP contribution in [-0.2, 0) is 0 Å². The van der Waals surface area contributed by atoms with Gasteiger partial charge in [0.2, 0.25) is 11.8 Å². The van der Waals surface area contributed by atoms with Crippen molar-refractivity contribution in [1.82, 2.24) is 9.97 Å². The predicted molar refractivity (Wildman–Crippen MR) is 103 cm³/mol. The number of carbonyl (C=O) groups excluding carboxylic acids is 2. The molecule has 172 valence electrons. The first-order valence-electron chi connectivity index (χ1n) is 8.94. The van der Waals surface area contributed by atoms with Crippen LogP contribution in [0.3, 0.4) is 0 Å². The minimum atomic E-state index is -3.41. The van der Waals surface area contributed by atoms with E-state index in [4.69, 9.17) is 9.47 Å². The lowest BCUT2D eigenvalue weighted by Crippen LogP contribution is -2.42. The summed E-state index contributed by atoms with van der Waals surface area (Å²) in [4.78, 5) is 32.6. The van der Waals surface area contributed by atoms with Crippen LogP contribution < -0.4 is 23.8 Å². The maximum absolute atomic E-state index is 12.8. The molecular formula is C20H13F4N3O6. The fourth-order valence-corrected chi connectivity index (χ4v) is 2.30. The van der Waals surface area contributed by atoms with Gasteiger partial charge in [-0.25, -0.2) is 9.59 Å². The number of amides is 2. The zero-order valence-corrected chi connectivity index (χ0v) is 16.3. The van der Waals surface area contributed by atoms with Gasteiger partial charge in [0.15, 0.2) is 0 Å². The Bertz CT molecular complexity index is 1010. The summed E-state index contributed by atoms with van der Waals surface area (Å²) in [6.45, 7) is -6.82. The van der Waals surface area contributed by atoms with Crippen LogP contribution in [-0.4, -0.2) is 35.4 Å². The molecule has 1 aromatic heterocycles. The normalized spacial score (nSPS) is 10.6. The number of aromatic nitrogens is 2. The molecule has 1 heterocycles. The van der Waals surface area contributed by atoms with E-state index in [-0.39, 0.29) is 16.4 Å². The van der Waals surface area contributed by atoms with Crippen molar-refractivity contribution in [2.45, 2.75) is 13.2 Å². The highest BCUT2D eigenvalue weighted by atomic mass is 19.3. The molecule has 0 aliphatic heterocycles. The highest BCUT2D eigenvalue weighted by Gasteiger charge is 2.32. The molecule has 33 heavy (non-hydrogen) atoms. The number of halogens is 4. The zero-order chi connectivity index (χ0) is 23.8. The molecule has 0 radical (unpaired) electrons. The molecule has 0 N–H and O–H groups in total. The lowest BCUT2D eigenvalue weighted by Gasteiger charge is -2.19. The van der Waals surface area contributed by atoms with Gasteiger partial charge in [-0.15, -0.1) is 4.90 Å². The van der Waals surface area contributed by atoms with E-state index in [9.17, 15) is 27.2 Å². The summed E-state index contributed by atoms with van der Waals surface area (Å²) in [5, 5.41) is 0. The third kappa shape index (κ3) is 6.78. The molecule has 0 saturated carbocycles. The lowest BCUT2D eigenvalue weighted by molar-refractivity contribution is -0.0579. The summed E-state index contributed by atoms with van der Waals surface area (Å²) >= 11 is 0. The van der Waals surface area contributed by atoms with Crippen LogP contribution in [0.2, 0.25) is 0 Å². The topological polar surface area (TPSA) is 100 Å². The van der Waals surface area contributed by atoms with Crippen molar-refractivity contribution >= 4 is 18.1 Å². The molecule has 0 aliphatic rings. The molecule has 0 unspecified atom stereocenters. The first-order valence-corrected chi connectivity index (χ1v) is 8.94. The second-order valence-electron chi connectivity index (χ2n) is 5.80. The van der Waals surface area contributed by atoms with Gasteiger partial charge in [0.25, 0.3) is 5.95 Å². The van der Waals surface area contributed by atoms with Crippen molar-refractivity contribution in [2.24, 2.45) is 0 Å². The maximum Gasteiger partial charge on any atom is 0.432 e. The number of benzene rings is 2. The van der Waals surface area contributed by atoms with Crippen LogP contribution in [0.15, 0.2) is 66.7 Å². The molecule has 0 atom stereocenters. The highest BCUT2D eigenvalue weighted by molar-refractivity contribution is 6.09. The Balaban J connectivity index is 2.01. The number of imide groups is 1. The number of carbonyl (C=O) groups is 2. The summed E-state index contributed by atoms with van der Waals surface area (Å²) in [5.74, 6) is -2.93. The summed E-state index contributed by atoms with van der Waals surface area (Å²) in [6, 6.07) is 15.4. The fourth-order valence-electron chi connectivity index (χ4n) is 2.30. The summed E-state index contributed by atoms with van der Waals surface area (Å²) in [6.07, 6.45) is -2.86. The van der Waals surface area contributed by atoms with Gasteiger partial charge in [-0.1, -0.05) is 36.4 Å². The molecule has 2 amide bonds. The minimum Gasteiger partial charge on any atom is -0.417 e. The van der Waals surface area contributed by atoms with Gasteiger partial charge in [-0.2, -0.15) is 27.5 Å². The number of ether oxygens (including phenoxy) is 4. The first kappa shape index (κ1) is 23.2. The fraction of sp³-hybridized carbons (Fsp3) is 0.100. The quantitative estimate of drug-likeness (QED) is 0.453. The largest absolute Gasteiger partial charge is 0.432 e. The van der Waals surface area contributed by atoms with E-state index in [1.807, 2.05) is 0 Å². The Morgan fingerprint density at radius 2 is 1.09 bits per heavy atom. The SMILES string of the molecule is O=C(Oc1ccccc1)N(C(=O)Oc1ccccc1)c1nc(OC(F)F)cc(OC(F)F)n1. The third-order valence-corrected chi connectivity index (χ3v) is 3.55. The van der Waals surface area contributed by atoms with Crippen molar-refractivity contribution in [3.8, 4) is 23.3 Å². The summed E-state index contributed by atoms with van der Waals surface area (Å²) < 4.78 is 69.0. The van der Waals surface area contributed by atoms with E-state index >= 15 is 0 Å². The minimum absolute atomic E-state index is 0.0101. The average Bonchev–Trinajstić information content (AvgIpc) is 2.74. The maximum atomic E-state index is 12.8. The molecule has 0 spiro atoms. The van der Waals surface area contributed by atoms with Crippen molar-refractivity contribution in [3.05, 3.63) is 66.7 Å². The van der Waals surface area contributed by atoms with Gasteiger partial charge in [0.05, 0.1) is 6.07 Å². The third-order valence-electron chi connectivity index (χ3n) is 3.55. The Morgan fingerprint density at radius 3 is 1.45 bits per heavy atom. The molecule has 0 saturated heterocycles. The van der Waals surface area contributed by atoms with Crippen LogP contribution in [0.25, 0.3) is 0 Å². The molecule has 0 aliphatic carbocycles. The van der Waals surface area contributed by atoms with Crippen LogP contribution in [0.4, 0.5) is 33.1 Å². The molecule has 9 nitrogen and oxygen atoms in total. The van der Waals surface area contributed by atoms with Crippen molar-refractivity contribution in [2.75, 3.05) is 4.90 Å². The lowest BCUT2D eigenvalue weighted by atomic mass is 10.3. The van der Waals surface area contributed by atoms with Gasteiger partial charge in [-0.05, 0) is 24.3 Å². The van der Waals surface area contributed by atoms with E-state index in [0.29, 0.717) is 6.07 Å². The van der Waals surface area contributed by atoms with Gasteiger partial charge < -0.3 is 18.9 Å². The number of para-hydroxylation sites is 2. The zero-order valence-electron chi connectivity index (χ0n) is 16.3. The Morgan fingerprint density at radius 1 is 0.697 bits per heavy atom. The monoisotopic (exact) mass is 467 g/mol. The Kier molecular flexibility index (Phi) is 7.57. The van der Waals surface area contributed by atoms with Crippen LogP contribution in [0, 0.1) is 0 Å². The van der Waals surface area contributed by atoms with Gasteiger partial charge in [0, 0.05) is 0 Å². The van der Waals surface area contributed by atoms with E-state index in [0.717, 1.165) is 0 Å². The van der Waals surface area contributed by atoms with Gasteiger partial charge in [0.1, 0.15) is 11.5 Å². The predicted octanol–water partition coefficient (Wildman–Crippen LogP) is 4.88. The Hall–Kier alpha value is -4.42. The van der Waals surface area contributed by atoms with Gasteiger partial charge >= 0.3 is 25.4 Å². The number of nitrogens with zero attached hydrogens (tertiary/aromatic N) is 3. The molecule has 3 aromatic rings. The molecule has 3 rings (SSSR count). The number of alkyl halides is 4. The standard InChI is InChI=1S/C20H13F4N3O6/c21-16(22)32-14-11-15(33-17(23)24)26-18(25-14)27(19(28)30-12-7-3-1-4-8-12)20(29)31-13-9-5-2-6-10-13/h1-11,16-17H. The highest BCUT2D eigenvalue weighted by Crippen LogP contribution is 2.25. The van der Waals surface area contributed by atoms with Crippen molar-refractivity contribution < 1.29 is 46.1 Å². The molecule has 0 bridgehead atoms. The van der Waals surface area contributed by atoms with Crippen LogP contribution >= 0.6 is 0 Å². The Labute approximate surface area is 183 Å². The van der Waals surface area contributed by atoms with Crippen LogP contribution in [0.5, 0.6) is 23.3 Å². The number of rotatable bonds is 7. The molecular weight excluding hydrogens is 454 g/mol. The molecule has 0 fully saturated rings. The second kappa shape index (κ2) is 10.7. The number of hydrogen-bond donors (Lipinski definition) is 0. The average molecular weight is 467 g/mol. The van der Waals surface area contributed by atoms with Crippen molar-refractivity contribution in [3.63, 3.8) is 0 Å². The summed E-state index contributed by atoms with van der Waals surface area (Å²) in [5.41, 5.74) is 0. The number of anilines is 1. The van der Waals surface area contributed by atoms with E-state index in [1.165, 1.54) is 48.5 Å². The van der Waals surface area contributed by atoms with Gasteiger partial charge in [-0.3, -0.25) is 0 Å². The van der Waals surface area contributed by atoms with E-state index < -0.39 is 43.1 Å². The smallest absolute Gasteiger partial charge is 0.417 e. The number of hydrogen-bond acceptors (Lipinski definition) is 8. The second-order valence-corrected chi connectivity index (χ2v) is 5.80. The van der Waals surface area contributed by atoms with Crippen molar-refractivity contribution in [1.29, 1.82) is 0 Å². The van der Waals surface area contributed by atoms with Crippen LogP contribution in [0.1, 0.15) is 0 Å². The molecule has 13 heteroatoms. The molecule has 2 aromatic carbocycles. The van der Waals surface area contributed by atoms with E-state index in [2.05, 4.69) is 19.4 Å². The summed E-state index contributed by atoms with van der Waals surface area (Å²) in [7, 11) is 0. The first-order chi connectivity index (χ1) is 15.8.